The van der Waals surface area contributed by atoms with Gasteiger partial charge in [-0.15, -0.1) is 0 Å². The zero-order valence-corrected chi connectivity index (χ0v) is 16.8. The second-order valence-corrected chi connectivity index (χ2v) is 6.72. The van der Waals surface area contributed by atoms with E-state index in [1.54, 1.807) is 37.6 Å². The maximum atomic E-state index is 12.2. The third-order valence-electron chi connectivity index (χ3n) is 3.92. The quantitative estimate of drug-likeness (QED) is 0.425. The third-order valence-corrected chi connectivity index (χ3v) is 4.61. The van der Waals surface area contributed by atoms with Crippen LogP contribution in [0.25, 0.3) is 0 Å². The molecule has 0 aromatic heterocycles. The molecule has 0 atom stereocenters. The van der Waals surface area contributed by atoms with E-state index < -0.39 is 0 Å². The number of hydrogen-bond donors (Lipinski definition) is 1. The SMILES string of the molecule is COc1cc(/C=N/NC(=O)c2ccccc2Br)ccc1OCc1ccccc1. The third kappa shape index (κ3) is 5.20. The lowest BCUT2D eigenvalue weighted by molar-refractivity contribution is 0.0954. The largest absolute Gasteiger partial charge is 0.493 e. The lowest BCUT2D eigenvalue weighted by Gasteiger charge is -2.11. The fourth-order valence-corrected chi connectivity index (χ4v) is 2.95. The minimum Gasteiger partial charge on any atom is -0.493 e. The normalized spacial score (nSPS) is 10.6. The number of hydrogen-bond acceptors (Lipinski definition) is 4. The number of benzene rings is 3. The van der Waals surface area contributed by atoms with Crippen molar-refractivity contribution in [3.63, 3.8) is 0 Å². The van der Waals surface area contributed by atoms with E-state index in [0.717, 1.165) is 11.1 Å². The van der Waals surface area contributed by atoms with E-state index in [-0.39, 0.29) is 5.91 Å². The van der Waals surface area contributed by atoms with Crippen molar-refractivity contribution < 1.29 is 14.3 Å². The van der Waals surface area contributed by atoms with Crippen molar-refractivity contribution in [3.8, 4) is 11.5 Å². The highest BCUT2D eigenvalue weighted by molar-refractivity contribution is 9.10. The standard InChI is InChI=1S/C22H19BrN2O3/c1-27-21-13-17(11-12-20(21)28-15-16-7-3-2-4-8-16)14-24-25-22(26)18-9-5-6-10-19(18)23/h2-14H,15H2,1H3,(H,25,26)/b24-14+. The van der Waals surface area contributed by atoms with Crippen molar-refractivity contribution in [2.24, 2.45) is 5.10 Å². The Hall–Kier alpha value is -3.12. The van der Waals surface area contributed by atoms with Gasteiger partial charge in [0.25, 0.3) is 5.91 Å². The summed E-state index contributed by atoms with van der Waals surface area (Å²) in [5.41, 5.74) is 4.88. The highest BCUT2D eigenvalue weighted by atomic mass is 79.9. The summed E-state index contributed by atoms with van der Waals surface area (Å²) in [5.74, 6) is 0.941. The molecule has 0 heterocycles. The highest BCUT2D eigenvalue weighted by Crippen LogP contribution is 2.28. The Kier molecular flexibility index (Phi) is 6.81. The number of halogens is 1. The van der Waals surface area contributed by atoms with Crippen LogP contribution in [0.1, 0.15) is 21.5 Å². The molecule has 3 rings (SSSR count). The van der Waals surface area contributed by atoms with E-state index in [4.69, 9.17) is 9.47 Å². The van der Waals surface area contributed by atoms with Gasteiger partial charge in [-0.3, -0.25) is 4.79 Å². The molecule has 0 fully saturated rings. The van der Waals surface area contributed by atoms with Crippen LogP contribution in [0.4, 0.5) is 0 Å². The van der Waals surface area contributed by atoms with E-state index in [2.05, 4.69) is 26.5 Å². The molecular formula is C22H19BrN2O3. The molecule has 0 saturated heterocycles. The number of carbonyl (C=O) groups is 1. The van der Waals surface area contributed by atoms with Crippen LogP contribution in [0.15, 0.2) is 82.4 Å². The number of nitrogens with one attached hydrogen (secondary N) is 1. The zero-order chi connectivity index (χ0) is 19.8. The average Bonchev–Trinajstić information content (AvgIpc) is 2.73. The van der Waals surface area contributed by atoms with Crippen LogP contribution in [0.3, 0.4) is 0 Å². The van der Waals surface area contributed by atoms with Crippen LogP contribution < -0.4 is 14.9 Å². The van der Waals surface area contributed by atoms with E-state index in [9.17, 15) is 4.79 Å². The van der Waals surface area contributed by atoms with Gasteiger partial charge in [0.05, 0.1) is 18.9 Å². The van der Waals surface area contributed by atoms with Gasteiger partial charge in [0.1, 0.15) is 6.61 Å². The molecule has 1 N–H and O–H groups in total. The van der Waals surface area contributed by atoms with Gasteiger partial charge in [0, 0.05) is 4.47 Å². The molecule has 5 nitrogen and oxygen atoms in total. The summed E-state index contributed by atoms with van der Waals surface area (Å²) in [6.45, 7) is 0.451. The fourth-order valence-electron chi connectivity index (χ4n) is 2.49. The molecular weight excluding hydrogens is 420 g/mol. The van der Waals surface area contributed by atoms with Crippen LogP contribution in [0.5, 0.6) is 11.5 Å². The van der Waals surface area contributed by atoms with Crippen molar-refractivity contribution in [2.75, 3.05) is 7.11 Å². The Bertz CT molecular complexity index is 975. The fraction of sp³-hybridized carbons (Fsp3) is 0.0909. The lowest BCUT2D eigenvalue weighted by atomic mass is 10.2. The number of ether oxygens (including phenoxy) is 2. The van der Waals surface area contributed by atoms with Gasteiger partial charge >= 0.3 is 0 Å². The summed E-state index contributed by atoms with van der Waals surface area (Å²) < 4.78 is 12.0. The molecule has 0 aliphatic heterocycles. The Morgan fingerprint density at radius 1 is 1.04 bits per heavy atom. The summed E-state index contributed by atoms with van der Waals surface area (Å²) in [6.07, 6.45) is 1.55. The molecule has 0 saturated carbocycles. The molecule has 0 aliphatic carbocycles. The first-order valence-corrected chi connectivity index (χ1v) is 9.39. The van der Waals surface area contributed by atoms with Crippen molar-refractivity contribution in [2.45, 2.75) is 6.61 Å². The molecule has 28 heavy (non-hydrogen) atoms. The number of nitrogens with zero attached hydrogens (tertiary/aromatic N) is 1. The maximum absolute atomic E-state index is 12.2. The summed E-state index contributed by atoms with van der Waals surface area (Å²) in [7, 11) is 1.58. The van der Waals surface area contributed by atoms with Gasteiger partial charge in [-0.1, -0.05) is 42.5 Å². The van der Waals surface area contributed by atoms with Crippen LogP contribution >= 0.6 is 15.9 Å². The first kappa shape index (κ1) is 19.6. The summed E-state index contributed by atoms with van der Waals surface area (Å²) in [4.78, 5) is 12.2. The number of amides is 1. The second-order valence-electron chi connectivity index (χ2n) is 5.86. The van der Waals surface area contributed by atoms with Crippen LogP contribution in [-0.2, 0) is 6.61 Å². The Morgan fingerprint density at radius 2 is 1.79 bits per heavy atom. The Labute approximate surface area is 172 Å². The van der Waals surface area contributed by atoms with Gasteiger partial charge in [0.2, 0.25) is 0 Å². The minimum atomic E-state index is -0.293. The van der Waals surface area contributed by atoms with Gasteiger partial charge in [0.15, 0.2) is 11.5 Å². The van der Waals surface area contributed by atoms with E-state index in [0.29, 0.717) is 28.1 Å². The van der Waals surface area contributed by atoms with E-state index in [1.807, 2.05) is 48.5 Å². The van der Waals surface area contributed by atoms with Crippen molar-refractivity contribution in [1.82, 2.24) is 5.43 Å². The molecule has 0 bridgehead atoms. The number of carbonyl (C=O) groups excluding carboxylic acids is 1. The molecule has 0 radical (unpaired) electrons. The molecule has 6 heteroatoms. The van der Waals surface area contributed by atoms with E-state index >= 15 is 0 Å². The zero-order valence-electron chi connectivity index (χ0n) is 15.3. The molecule has 142 valence electrons. The predicted octanol–water partition coefficient (Wildman–Crippen LogP) is 4.80. The second kappa shape index (κ2) is 9.71. The number of rotatable bonds is 7. The van der Waals surface area contributed by atoms with Crippen LogP contribution in [-0.4, -0.2) is 19.2 Å². The highest BCUT2D eigenvalue weighted by Gasteiger charge is 2.08. The van der Waals surface area contributed by atoms with Crippen molar-refractivity contribution in [3.05, 3.63) is 94.0 Å². The van der Waals surface area contributed by atoms with Crippen LogP contribution in [0.2, 0.25) is 0 Å². The molecule has 0 unspecified atom stereocenters. The molecule has 3 aromatic rings. The Morgan fingerprint density at radius 3 is 2.54 bits per heavy atom. The predicted molar refractivity (Wildman–Crippen MR) is 113 cm³/mol. The molecule has 3 aromatic carbocycles. The first-order chi connectivity index (χ1) is 13.7. The Balaban J connectivity index is 1.63. The number of hydrazone groups is 1. The topological polar surface area (TPSA) is 59.9 Å². The smallest absolute Gasteiger partial charge is 0.272 e. The average molecular weight is 439 g/mol. The monoisotopic (exact) mass is 438 g/mol. The van der Waals surface area contributed by atoms with E-state index in [1.165, 1.54) is 0 Å². The first-order valence-electron chi connectivity index (χ1n) is 8.60. The lowest BCUT2D eigenvalue weighted by Crippen LogP contribution is -2.18. The summed E-state index contributed by atoms with van der Waals surface area (Å²) in [5, 5.41) is 4.02. The van der Waals surface area contributed by atoms with Gasteiger partial charge < -0.3 is 9.47 Å². The summed E-state index contributed by atoms with van der Waals surface area (Å²) >= 11 is 3.35. The van der Waals surface area contributed by atoms with Crippen LogP contribution in [0, 0.1) is 0 Å². The van der Waals surface area contributed by atoms with Crippen molar-refractivity contribution in [1.29, 1.82) is 0 Å². The molecule has 0 aliphatic rings. The van der Waals surface area contributed by atoms with Gasteiger partial charge in [-0.05, 0) is 57.4 Å². The number of methoxy groups -OCH3 is 1. The van der Waals surface area contributed by atoms with Gasteiger partial charge in [-0.2, -0.15) is 5.10 Å². The minimum absolute atomic E-state index is 0.293. The molecule has 0 spiro atoms. The molecule has 1 amide bonds. The van der Waals surface area contributed by atoms with Crippen molar-refractivity contribution >= 4 is 28.1 Å². The van der Waals surface area contributed by atoms with Gasteiger partial charge in [-0.25, -0.2) is 5.43 Å². The maximum Gasteiger partial charge on any atom is 0.272 e. The summed E-state index contributed by atoms with van der Waals surface area (Å²) in [6, 6.07) is 22.5.